The van der Waals surface area contributed by atoms with Crippen LogP contribution >= 0.6 is 24.8 Å². The van der Waals surface area contributed by atoms with Crippen molar-refractivity contribution in [2.45, 2.75) is 51.9 Å². The Morgan fingerprint density at radius 1 is 1.35 bits per heavy atom. The number of hydrogen-bond donors (Lipinski definition) is 2. The summed E-state index contributed by atoms with van der Waals surface area (Å²) in [4.78, 5) is 2.41. The van der Waals surface area contributed by atoms with E-state index in [1.165, 1.54) is 11.9 Å². The summed E-state index contributed by atoms with van der Waals surface area (Å²) in [5, 5.41) is 8.18. The largest absolute Gasteiger partial charge is 0.311 e. The van der Waals surface area contributed by atoms with Crippen molar-refractivity contribution in [1.82, 2.24) is 24.7 Å². The quantitative estimate of drug-likeness (QED) is 0.741. The average Bonchev–Trinajstić information content (AvgIpc) is 2.76. The third kappa shape index (κ3) is 6.35. The number of aryl methyl sites for hydroxylation is 1. The van der Waals surface area contributed by atoms with Gasteiger partial charge < -0.3 is 5.32 Å². The number of sulfonamides is 1. The van der Waals surface area contributed by atoms with E-state index >= 15 is 0 Å². The van der Waals surface area contributed by atoms with Crippen molar-refractivity contribution in [1.29, 1.82) is 0 Å². The van der Waals surface area contributed by atoms with E-state index in [-0.39, 0.29) is 30.9 Å². The van der Waals surface area contributed by atoms with E-state index in [2.05, 4.69) is 32.6 Å². The van der Waals surface area contributed by atoms with Gasteiger partial charge >= 0.3 is 0 Å². The lowest BCUT2D eigenvalue weighted by Gasteiger charge is -2.38. The number of fused-ring (bicyclic) bond motifs is 1. The van der Waals surface area contributed by atoms with Crippen LogP contribution in [0.15, 0.2) is 6.07 Å². The van der Waals surface area contributed by atoms with Gasteiger partial charge in [0.25, 0.3) is 0 Å². The van der Waals surface area contributed by atoms with E-state index in [0.717, 1.165) is 64.2 Å². The van der Waals surface area contributed by atoms with E-state index in [0.29, 0.717) is 5.92 Å². The Hall–Kier alpha value is -0.380. The number of likely N-dealkylation sites (tertiary alicyclic amines) is 1. The minimum Gasteiger partial charge on any atom is -0.311 e. The van der Waals surface area contributed by atoms with E-state index in [1.807, 2.05) is 0 Å². The second kappa shape index (κ2) is 10.2. The molecule has 0 radical (unpaired) electrons. The van der Waals surface area contributed by atoms with Crippen LogP contribution in [0.5, 0.6) is 0 Å². The molecule has 1 aromatic rings. The predicted octanol–water partition coefficient (Wildman–Crippen LogP) is 1.37. The summed E-state index contributed by atoms with van der Waals surface area (Å²) >= 11 is 0. The molecule has 3 heterocycles. The lowest BCUT2D eigenvalue weighted by atomic mass is 9.90. The summed E-state index contributed by atoms with van der Waals surface area (Å²) in [6.07, 6.45) is 4.21. The van der Waals surface area contributed by atoms with Crippen molar-refractivity contribution in [2.75, 3.05) is 25.9 Å². The van der Waals surface area contributed by atoms with Gasteiger partial charge in [-0.15, -0.1) is 24.8 Å². The Balaban J connectivity index is 0.00000169. The van der Waals surface area contributed by atoms with Gasteiger partial charge in [0.1, 0.15) is 0 Å². The molecule has 1 saturated heterocycles. The Kier molecular flexibility index (Phi) is 9.32. The number of rotatable bonds is 5. The second-order valence-electron chi connectivity index (χ2n) is 7.07. The fourth-order valence-corrected chi connectivity index (χ4v) is 4.68. The highest BCUT2D eigenvalue weighted by Gasteiger charge is 2.30. The fraction of sp³-hybridized carbons (Fsp3) is 0.812. The number of hydrogen-bond acceptors (Lipinski definition) is 5. The van der Waals surface area contributed by atoms with E-state index < -0.39 is 10.0 Å². The maximum Gasteiger partial charge on any atom is 0.208 e. The summed E-state index contributed by atoms with van der Waals surface area (Å²) in [6, 6.07) is 2.27. The standard InChI is InChI=1S/C16H29N5O2S.2ClH/c1-3-13-11-20(8-5-16(13)19-24(2,22)23)12-14-9-15-10-17-6-4-7-21(15)18-14;;/h9,13,16-17,19H,3-8,10-12H2,1-2H3;2*1H/t13-,16+;;/m1../s1. The zero-order chi connectivity index (χ0) is 17.2. The van der Waals surface area contributed by atoms with Gasteiger partial charge in [0.15, 0.2) is 0 Å². The molecule has 3 rings (SSSR count). The molecule has 10 heteroatoms. The SMILES string of the molecule is CC[C@@H]1CN(Cc2cc3n(n2)CCCNC3)CC[C@@H]1NS(C)(=O)=O.Cl.Cl. The Morgan fingerprint density at radius 3 is 2.81 bits per heavy atom. The second-order valence-corrected chi connectivity index (χ2v) is 8.85. The molecule has 0 spiro atoms. The van der Waals surface area contributed by atoms with Crippen LogP contribution < -0.4 is 10.0 Å². The molecule has 2 N–H and O–H groups in total. The lowest BCUT2D eigenvalue weighted by Crippen LogP contribution is -2.50. The molecule has 1 fully saturated rings. The highest BCUT2D eigenvalue weighted by molar-refractivity contribution is 7.88. The first-order chi connectivity index (χ1) is 11.4. The molecule has 0 aliphatic carbocycles. The van der Waals surface area contributed by atoms with Crippen LogP contribution in [-0.2, 0) is 29.7 Å². The molecule has 0 bridgehead atoms. The first kappa shape index (κ1) is 23.7. The Labute approximate surface area is 169 Å². The van der Waals surface area contributed by atoms with Crippen LogP contribution in [0.2, 0.25) is 0 Å². The molecule has 0 saturated carbocycles. The summed E-state index contributed by atoms with van der Waals surface area (Å²) < 4.78 is 28.0. The van der Waals surface area contributed by atoms with Gasteiger partial charge in [-0.1, -0.05) is 13.3 Å². The summed E-state index contributed by atoms with van der Waals surface area (Å²) in [5.41, 5.74) is 2.39. The van der Waals surface area contributed by atoms with E-state index in [4.69, 9.17) is 5.10 Å². The lowest BCUT2D eigenvalue weighted by molar-refractivity contribution is 0.137. The number of nitrogens with zero attached hydrogens (tertiary/aromatic N) is 3. The van der Waals surface area contributed by atoms with Crippen molar-refractivity contribution >= 4 is 34.8 Å². The summed E-state index contributed by atoms with van der Waals surface area (Å²) in [5.74, 6) is 0.357. The number of aromatic nitrogens is 2. The van der Waals surface area contributed by atoms with Crippen molar-refractivity contribution < 1.29 is 8.42 Å². The molecule has 2 aliphatic rings. The number of halogens is 2. The van der Waals surface area contributed by atoms with Crippen LogP contribution in [0.3, 0.4) is 0 Å². The predicted molar refractivity (Wildman–Crippen MR) is 108 cm³/mol. The van der Waals surface area contributed by atoms with Gasteiger partial charge in [-0.05, 0) is 31.4 Å². The molecule has 0 unspecified atom stereocenters. The topological polar surface area (TPSA) is 79.3 Å². The third-order valence-electron chi connectivity index (χ3n) is 5.04. The van der Waals surface area contributed by atoms with Gasteiger partial charge in [-0.25, -0.2) is 13.1 Å². The van der Waals surface area contributed by atoms with Crippen LogP contribution in [0.4, 0.5) is 0 Å². The minimum absolute atomic E-state index is 0. The smallest absolute Gasteiger partial charge is 0.208 e. The summed E-state index contributed by atoms with van der Waals surface area (Å²) in [7, 11) is -3.14. The molecule has 152 valence electrons. The van der Waals surface area contributed by atoms with Gasteiger partial charge in [0.2, 0.25) is 10.0 Å². The van der Waals surface area contributed by atoms with Crippen molar-refractivity contribution in [2.24, 2.45) is 5.92 Å². The first-order valence-corrected chi connectivity index (χ1v) is 10.8. The molecule has 0 aromatic carbocycles. The van der Waals surface area contributed by atoms with Crippen molar-refractivity contribution in [3.8, 4) is 0 Å². The zero-order valence-corrected chi connectivity index (χ0v) is 17.9. The van der Waals surface area contributed by atoms with Crippen LogP contribution in [0.25, 0.3) is 0 Å². The summed E-state index contributed by atoms with van der Waals surface area (Å²) in [6.45, 7) is 7.74. The molecular formula is C16H31Cl2N5O2S. The third-order valence-corrected chi connectivity index (χ3v) is 5.77. The Morgan fingerprint density at radius 2 is 2.12 bits per heavy atom. The molecular weight excluding hydrogens is 397 g/mol. The van der Waals surface area contributed by atoms with E-state index in [1.54, 1.807) is 0 Å². The van der Waals surface area contributed by atoms with Gasteiger partial charge in [-0.2, -0.15) is 5.10 Å². The average molecular weight is 428 g/mol. The molecule has 26 heavy (non-hydrogen) atoms. The maximum absolute atomic E-state index is 11.5. The zero-order valence-electron chi connectivity index (χ0n) is 15.5. The molecule has 2 aliphatic heterocycles. The van der Waals surface area contributed by atoms with Gasteiger partial charge in [0.05, 0.1) is 17.6 Å². The first-order valence-electron chi connectivity index (χ1n) is 8.90. The molecule has 7 nitrogen and oxygen atoms in total. The minimum atomic E-state index is -3.14. The highest BCUT2D eigenvalue weighted by atomic mass is 35.5. The normalized spacial score (nSPS) is 24.1. The van der Waals surface area contributed by atoms with Gasteiger partial charge in [0, 0.05) is 38.8 Å². The molecule has 2 atom stereocenters. The van der Waals surface area contributed by atoms with Crippen molar-refractivity contribution in [3.63, 3.8) is 0 Å². The van der Waals surface area contributed by atoms with Crippen LogP contribution in [0, 0.1) is 5.92 Å². The van der Waals surface area contributed by atoms with Gasteiger partial charge in [-0.3, -0.25) is 9.58 Å². The van der Waals surface area contributed by atoms with Crippen LogP contribution in [0.1, 0.15) is 37.6 Å². The number of nitrogens with one attached hydrogen (secondary N) is 2. The fourth-order valence-electron chi connectivity index (χ4n) is 3.82. The van der Waals surface area contributed by atoms with Crippen molar-refractivity contribution in [3.05, 3.63) is 17.5 Å². The van der Waals surface area contributed by atoms with E-state index in [9.17, 15) is 8.42 Å². The number of piperidine rings is 1. The molecule has 1 aromatic heterocycles. The molecule has 0 amide bonds. The Bertz CT molecular complexity index is 644. The van der Waals surface area contributed by atoms with Crippen LogP contribution in [-0.4, -0.2) is 55.0 Å². The maximum atomic E-state index is 11.5. The monoisotopic (exact) mass is 427 g/mol. The highest BCUT2D eigenvalue weighted by Crippen LogP contribution is 2.22.